The fourth-order valence-corrected chi connectivity index (χ4v) is 2.73. The Labute approximate surface area is 146 Å². The summed E-state index contributed by atoms with van der Waals surface area (Å²) in [6.07, 6.45) is 0.795. The van der Waals surface area contributed by atoms with Crippen molar-refractivity contribution in [3.8, 4) is 11.5 Å². The van der Waals surface area contributed by atoms with Gasteiger partial charge >= 0.3 is 0 Å². The van der Waals surface area contributed by atoms with Crippen molar-refractivity contribution in [1.29, 1.82) is 0 Å². The Balaban J connectivity index is 2.06. The lowest BCUT2D eigenvalue weighted by Gasteiger charge is -2.21. The summed E-state index contributed by atoms with van der Waals surface area (Å²) in [5, 5.41) is 5.95. The highest BCUT2D eigenvalue weighted by Crippen LogP contribution is 2.37. The zero-order valence-electron chi connectivity index (χ0n) is 14.1. The van der Waals surface area contributed by atoms with Gasteiger partial charge in [0, 0.05) is 19.9 Å². The largest absolute Gasteiger partial charge is 0.489 e. The van der Waals surface area contributed by atoms with E-state index in [-0.39, 0.29) is 24.3 Å². The molecular weight excluding hydrogens is 332 g/mol. The number of halogens is 1. The Bertz CT molecular complexity index is 619. The van der Waals surface area contributed by atoms with Gasteiger partial charge in [-0.15, -0.1) is 0 Å². The van der Waals surface area contributed by atoms with Crippen molar-refractivity contribution < 1.29 is 19.1 Å². The molecule has 2 rings (SSSR count). The third-order valence-electron chi connectivity index (χ3n) is 3.64. The molecule has 7 heteroatoms. The average Bonchev–Trinajstić information content (AvgIpc) is 2.75. The molecule has 132 valence electrons. The van der Waals surface area contributed by atoms with Crippen LogP contribution in [0, 0.1) is 5.92 Å². The summed E-state index contributed by atoms with van der Waals surface area (Å²) in [5.41, 5.74) is 0.808. The number of nitrogens with one attached hydrogen (secondary N) is 2. The molecule has 1 aromatic carbocycles. The standard InChI is InChI=1S/C17H23ClN2O4/c1-10(2)15(20-11(3)21)17(22)19-9-12-7-13(18)16-14(8-12)23-5-4-6-24-16/h7-8,10,15H,4-6,9H2,1-3H3,(H,19,22)(H,20,21)/t15-/m0/s1. The van der Waals surface area contributed by atoms with Gasteiger partial charge in [0.05, 0.1) is 18.2 Å². The average molecular weight is 355 g/mol. The molecule has 0 radical (unpaired) electrons. The molecule has 2 amide bonds. The highest BCUT2D eigenvalue weighted by Gasteiger charge is 2.23. The first-order valence-corrected chi connectivity index (χ1v) is 8.39. The van der Waals surface area contributed by atoms with Gasteiger partial charge in [-0.05, 0) is 23.6 Å². The minimum atomic E-state index is -0.571. The first-order chi connectivity index (χ1) is 11.4. The predicted molar refractivity (Wildman–Crippen MR) is 91.3 cm³/mol. The summed E-state index contributed by atoms with van der Waals surface area (Å²) in [5.74, 6) is 0.654. The molecule has 1 aliphatic heterocycles. The maximum atomic E-state index is 12.3. The summed E-state index contributed by atoms with van der Waals surface area (Å²) in [6, 6.07) is 2.99. The Morgan fingerprint density at radius 1 is 1.25 bits per heavy atom. The molecule has 0 aromatic heterocycles. The van der Waals surface area contributed by atoms with Crippen LogP contribution in [0.5, 0.6) is 11.5 Å². The number of hydrogen-bond acceptors (Lipinski definition) is 4. The Morgan fingerprint density at radius 2 is 1.96 bits per heavy atom. The highest BCUT2D eigenvalue weighted by molar-refractivity contribution is 6.32. The number of carbonyl (C=O) groups is 2. The zero-order valence-corrected chi connectivity index (χ0v) is 14.9. The molecule has 0 spiro atoms. The van der Waals surface area contributed by atoms with Crippen LogP contribution in [0.2, 0.25) is 5.02 Å². The molecule has 6 nitrogen and oxygen atoms in total. The second-order valence-corrected chi connectivity index (χ2v) is 6.50. The first kappa shape index (κ1) is 18.4. The van der Waals surface area contributed by atoms with Crippen LogP contribution in [0.3, 0.4) is 0 Å². The smallest absolute Gasteiger partial charge is 0.243 e. The van der Waals surface area contributed by atoms with Crippen molar-refractivity contribution in [1.82, 2.24) is 10.6 Å². The maximum absolute atomic E-state index is 12.3. The van der Waals surface area contributed by atoms with Gasteiger partial charge in [-0.1, -0.05) is 25.4 Å². The van der Waals surface area contributed by atoms with Crippen LogP contribution in [0.25, 0.3) is 0 Å². The van der Waals surface area contributed by atoms with E-state index in [1.165, 1.54) is 6.92 Å². The number of benzene rings is 1. The molecule has 1 aliphatic rings. The van der Waals surface area contributed by atoms with Gasteiger partial charge in [0.1, 0.15) is 6.04 Å². The van der Waals surface area contributed by atoms with Crippen LogP contribution in [0.15, 0.2) is 12.1 Å². The number of fused-ring (bicyclic) bond motifs is 1. The van der Waals surface area contributed by atoms with Gasteiger partial charge in [-0.3, -0.25) is 9.59 Å². The zero-order chi connectivity index (χ0) is 17.7. The Hall–Kier alpha value is -1.95. The highest BCUT2D eigenvalue weighted by atomic mass is 35.5. The van der Waals surface area contributed by atoms with E-state index in [1.807, 2.05) is 19.9 Å². The minimum absolute atomic E-state index is 0.0127. The van der Waals surface area contributed by atoms with Crippen LogP contribution in [0.1, 0.15) is 32.8 Å². The molecule has 0 unspecified atom stereocenters. The molecule has 1 heterocycles. The summed E-state index contributed by atoms with van der Waals surface area (Å²) >= 11 is 6.24. The molecule has 0 saturated carbocycles. The van der Waals surface area contributed by atoms with Gasteiger partial charge in [-0.2, -0.15) is 0 Å². The first-order valence-electron chi connectivity index (χ1n) is 8.01. The lowest BCUT2D eigenvalue weighted by Crippen LogP contribution is -2.48. The van der Waals surface area contributed by atoms with Crippen molar-refractivity contribution in [2.75, 3.05) is 13.2 Å². The van der Waals surface area contributed by atoms with Crippen molar-refractivity contribution in [3.05, 3.63) is 22.7 Å². The quantitative estimate of drug-likeness (QED) is 0.850. The topological polar surface area (TPSA) is 76.7 Å². The normalized spacial score (nSPS) is 14.7. The molecule has 1 atom stereocenters. The maximum Gasteiger partial charge on any atom is 0.243 e. The van der Waals surface area contributed by atoms with E-state index in [0.29, 0.717) is 29.7 Å². The predicted octanol–water partition coefficient (Wildman–Crippen LogP) is 2.28. The van der Waals surface area contributed by atoms with Gasteiger partial charge in [0.15, 0.2) is 11.5 Å². The molecular formula is C17H23ClN2O4. The van der Waals surface area contributed by atoms with E-state index in [2.05, 4.69) is 10.6 Å². The third-order valence-corrected chi connectivity index (χ3v) is 3.92. The number of amides is 2. The van der Waals surface area contributed by atoms with Gasteiger partial charge in [-0.25, -0.2) is 0 Å². The van der Waals surface area contributed by atoms with Gasteiger partial charge in [0.25, 0.3) is 0 Å². The van der Waals surface area contributed by atoms with Crippen LogP contribution in [-0.4, -0.2) is 31.1 Å². The third kappa shape index (κ3) is 4.77. The second-order valence-electron chi connectivity index (χ2n) is 6.10. The van der Waals surface area contributed by atoms with Crippen LogP contribution >= 0.6 is 11.6 Å². The summed E-state index contributed by atoms with van der Waals surface area (Å²) in [4.78, 5) is 23.5. The fourth-order valence-electron chi connectivity index (χ4n) is 2.44. The number of carbonyl (C=O) groups excluding carboxylic acids is 2. The van der Waals surface area contributed by atoms with Crippen LogP contribution in [0.4, 0.5) is 0 Å². The van der Waals surface area contributed by atoms with E-state index in [9.17, 15) is 9.59 Å². The van der Waals surface area contributed by atoms with Crippen LogP contribution < -0.4 is 20.1 Å². The van der Waals surface area contributed by atoms with Crippen molar-refractivity contribution in [2.45, 2.75) is 39.8 Å². The SMILES string of the molecule is CC(=O)N[C@H](C(=O)NCc1cc(Cl)c2c(c1)OCCCO2)C(C)C. The minimum Gasteiger partial charge on any atom is -0.489 e. The van der Waals surface area contributed by atoms with E-state index in [0.717, 1.165) is 12.0 Å². The Kier molecular flexibility index (Phi) is 6.31. The van der Waals surface area contributed by atoms with E-state index in [1.54, 1.807) is 6.07 Å². The number of hydrogen-bond donors (Lipinski definition) is 2. The van der Waals surface area contributed by atoms with E-state index >= 15 is 0 Å². The van der Waals surface area contributed by atoms with E-state index < -0.39 is 6.04 Å². The molecule has 1 aromatic rings. The van der Waals surface area contributed by atoms with E-state index in [4.69, 9.17) is 21.1 Å². The number of rotatable bonds is 5. The molecule has 2 N–H and O–H groups in total. The summed E-state index contributed by atoms with van der Waals surface area (Å²) in [6.45, 7) is 6.58. The monoisotopic (exact) mass is 354 g/mol. The van der Waals surface area contributed by atoms with Crippen molar-refractivity contribution in [3.63, 3.8) is 0 Å². The number of ether oxygens (including phenoxy) is 2. The van der Waals surface area contributed by atoms with Crippen molar-refractivity contribution >= 4 is 23.4 Å². The molecule has 0 fully saturated rings. The molecule has 0 bridgehead atoms. The second kappa shape index (κ2) is 8.24. The fraction of sp³-hybridized carbons (Fsp3) is 0.529. The summed E-state index contributed by atoms with van der Waals surface area (Å²) in [7, 11) is 0. The molecule has 0 saturated heterocycles. The van der Waals surface area contributed by atoms with Crippen molar-refractivity contribution in [2.24, 2.45) is 5.92 Å². The van der Waals surface area contributed by atoms with Crippen LogP contribution in [-0.2, 0) is 16.1 Å². The lowest BCUT2D eigenvalue weighted by molar-refractivity contribution is -0.129. The Morgan fingerprint density at radius 3 is 2.62 bits per heavy atom. The summed E-state index contributed by atoms with van der Waals surface area (Å²) < 4.78 is 11.2. The van der Waals surface area contributed by atoms with Gasteiger partial charge < -0.3 is 20.1 Å². The lowest BCUT2D eigenvalue weighted by atomic mass is 10.0. The van der Waals surface area contributed by atoms with Gasteiger partial charge in [0.2, 0.25) is 11.8 Å². The molecule has 0 aliphatic carbocycles. The molecule has 24 heavy (non-hydrogen) atoms.